The lowest BCUT2D eigenvalue weighted by Gasteiger charge is -2.09. The zero-order chi connectivity index (χ0) is 14.8. The Labute approximate surface area is 125 Å². The van der Waals surface area contributed by atoms with Crippen LogP contribution in [0.5, 0.6) is 0 Å². The number of fused-ring (bicyclic) bond motifs is 1. The number of carboxylic acid groups (broad SMARTS) is 1. The molecule has 6 heteroatoms. The summed E-state index contributed by atoms with van der Waals surface area (Å²) < 4.78 is 0. The SMILES string of the molecule is O=C(O)c1cc(Nc2cccc3ccncc23)ncc1Cl. The first-order valence-electron chi connectivity index (χ1n) is 6.14. The monoisotopic (exact) mass is 299 g/mol. The summed E-state index contributed by atoms with van der Waals surface area (Å²) in [5.74, 6) is -0.682. The second kappa shape index (κ2) is 5.38. The van der Waals surface area contributed by atoms with Gasteiger partial charge >= 0.3 is 5.97 Å². The van der Waals surface area contributed by atoms with Crippen molar-refractivity contribution in [3.05, 3.63) is 59.5 Å². The number of halogens is 1. The lowest BCUT2D eigenvalue weighted by atomic mass is 10.1. The van der Waals surface area contributed by atoms with E-state index in [0.29, 0.717) is 5.82 Å². The van der Waals surface area contributed by atoms with E-state index < -0.39 is 5.97 Å². The van der Waals surface area contributed by atoms with Gasteiger partial charge in [0.15, 0.2) is 0 Å². The molecule has 0 aliphatic rings. The van der Waals surface area contributed by atoms with Crippen LogP contribution < -0.4 is 5.32 Å². The quantitative estimate of drug-likeness (QED) is 0.771. The van der Waals surface area contributed by atoms with Crippen molar-refractivity contribution in [2.24, 2.45) is 0 Å². The van der Waals surface area contributed by atoms with Crippen LogP contribution in [-0.2, 0) is 0 Å². The van der Waals surface area contributed by atoms with Gasteiger partial charge < -0.3 is 10.4 Å². The maximum Gasteiger partial charge on any atom is 0.337 e. The van der Waals surface area contributed by atoms with E-state index in [1.54, 1.807) is 12.4 Å². The molecule has 21 heavy (non-hydrogen) atoms. The molecule has 0 amide bonds. The lowest BCUT2D eigenvalue weighted by Crippen LogP contribution is -2.01. The maximum atomic E-state index is 11.1. The number of hydrogen-bond acceptors (Lipinski definition) is 4. The number of carbonyl (C=O) groups is 1. The summed E-state index contributed by atoms with van der Waals surface area (Å²) in [7, 11) is 0. The van der Waals surface area contributed by atoms with E-state index in [0.717, 1.165) is 16.5 Å². The molecule has 0 aliphatic carbocycles. The van der Waals surface area contributed by atoms with Gasteiger partial charge in [-0.05, 0) is 23.6 Å². The summed E-state index contributed by atoms with van der Waals surface area (Å²) in [6.45, 7) is 0. The summed E-state index contributed by atoms with van der Waals surface area (Å²) in [5.41, 5.74) is 0.805. The Morgan fingerprint density at radius 3 is 2.90 bits per heavy atom. The minimum absolute atomic E-state index is 0.00697. The number of rotatable bonds is 3. The summed E-state index contributed by atoms with van der Waals surface area (Å²) in [6.07, 6.45) is 4.78. The number of benzene rings is 1. The molecule has 0 unspecified atom stereocenters. The van der Waals surface area contributed by atoms with Gasteiger partial charge in [-0.3, -0.25) is 4.98 Å². The summed E-state index contributed by atoms with van der Waals surface area (Å²) >= 11 is 5.81. The van der Waals surface area contributed by atoms with Crippen molar-refractivity contribution in [1.29, 1.82) is 0 Å². The third-order valence-electron chi connectivity index (χ3n) is 3.03. The largest absolute Gasteiger partial charge is 0.478 e. The predicted octanol–water partition coefficient (Wildman–Crippen LogP) is 3.73. The fourth-order valence-electron chi connectivity index (χ4n) is 2.03. The number of nitrogens with one attached hydrogen (secondary N) is 1. The number of hydrogen-bond donors (Lipinski definition) is 2. The Bertz CT molecular complexity index is 831. The van der Waals surface area contributed by atoms with Crippen LogP contribution in [0.4, 0.5) is 11.5 Å². The topological polar surface area (TPSA) is 75.1 Å². The van der Waals surface area contributed by atoms with Gasteiger partial charge in [-0.15, -0.1) is 0 Å². The molecule has 0 saturated carbocycles. The van der Waals surface area contributed by atoms with Crippen molar-refractivity contribution in [3.8, 4) is 0 Å². The molecule has 104 valence electrons. The highest BCUT2D eigenvalue weighted by molar-refractivity contribution is 6.33. The van der Waals surface area contributed by atoms with Gasteiger partial charge in [0.05, 0.1) is 10.6 Å². The second-order valence-corrected chi connectivity index (χ2v) is 4.79. The average molecular weight is 300 g/mol. The van der Waals surface area contributed by atoms with Crippen LogP contribution in [0.2, 0.25) is 5.02 Å². The molecular weight excluding hydrogens is 290 g/mol. The first kappa shape index (κ1) is 13.3. The lowest BCUT2D eigenvalue weighted by molar-refractivity contribution is 0.0697. The predicted molar refractivity (Wildman–Crippen MR) is 81.2 cm³/mol. The summed E-state index contributed by atoms with van der Waals surface area (Å²) in [6, 6.07) is 9.05. The molecule has 0 atom stereocenters. The molecule has 3 aromatic rings. The van der Waals surface area contributed by atoms with E-state index in [9.17, 15) is 4.79 Å². The van der Waals surface area contributed by atoms with Crippen LogP contribution in [0.3, 0.4) is 0 Å². The highest BCUT2D eigenvalue weighted by atomic mass is 35.5. The van der Waals surface area contributed by atoms with E-state index in [-0.39, 0.29) is 10.6 Å². The molecule has 0 bridgehead atoms. The molecule has 5 nitrogen and oxygen atoms in total. The molecule has 0 aliphatic heterocycles. The average Bonchev–Trinajstić information content (AvgIpc) is 2.49. The molecule has 0 spiro atoms. The van der Waals surface area contributed by atoms with Crippen LogP contribution in [0.15, 0.2) is 48.9 Å². The van der Waals surface area contributed by atoms with Crippen LogP contribution >= 0.6 is 11.6 Å². The van der Waals surface area contributed by atoms with Crippen molar-refractivity contribution in [1.82, 2.24) is 9.97 Å². The Hall–Kier alpha value is -2.66. The standard InChI is InChI=1S/C15H10ClN3O2/c16-12-8-18-14(6-10(12)15(20)21)19-13-3-1-2-9-4-5-17-7-11(9)13/h1-8H,(H,18,19)(H,20,21). The molecule has 3 rings (SSSR count). The minimum atomic E-state index is -1.09. The summed E-state index contributed by atoms with van der Waals surface area (Å²) in [4.78, 5) is 19.3. The van der Waals surface area contributed by atoms with Gasteiger partial charge in [-0.25, -0.2) is 9.78 Å². The van der Waals surface area contributed by atoms with Gasteiger partial charge in [-0.1, -0.05) is 23.7 Å². The Morgan fingerprint density at radius 1 is 1.24 bits per heavy atom. The van der Waals surface area contributed by atoms with Crippen LogP contribution in [-0.4, -0.2) is 21.0 Å². The van der Waals surface area contributed by atoms with Crippen LogP contribution in [0, 0.1) is 0 Å². The smallest absolute Gasteiger partial charge is 0.337 e. The van der Waals surface area contributed by atoms with Crippen molar-refractivity contribution >= 4 is 39.8 Å². The van der Waals surface area contributed by atoms with Crippen LogP contribution in [0.1, 0.15) is 10.4 Å². The zero-order valence-corrected chi connectivity index (χ0v) is 11.5. The van der Waals surface area contributed by atoms with Crippen LogP contribution in [0.25, 0.3) is 10.8 Å². The zero-order valence-electron chi connectivity index (χ0n) is 10.7. The highest BCUT2D eigenvalue weighted by Crippen LogP contribution is 2.26. The second-order valence-electron chi connectivity index (χ2n) is 4.38. The van der Waals surface area contributed by atoms with Crippen molar-refractivity contribution < 1.29 is 9.90 Å². The van der Waals surface area contributed by atoms with Gasteiger partial charge in [0.1, 0.15) is 5.82 Å². The molecule has 1 aromatic carbocycles. The van der Waals surface area contributed by atoms with Gasteiger partial charge in [0.2, 0.25) is 0 Å². The van der Waals surface area contributed by atoms with E-state index in [1.165, 1.54) is 12.3 Å². The number of anilines is 2. The first-order valence-corrected chi connectivity index (χ1v) is 6.51. The molecule has 0 saturated heterocycles. The van der Waals surface area contributed by atoms with E-state index in [4.69, 9.17) is 16.7 Å². The Balaban J connectivity index is 2.03. The summed E-state index contributed by atoms with van der Waals surface area (Å²) in [5, 5.41) is 14.2. The molecule has 2 N–H and O–H groups in total. The normalized spacial score (nSPS) is 10.5. The fourth-order valence-corrected chi connectivity index (χ4v) is 2.22. The highest BCUT2D eigenvalue weighted by Gasteiger charge is 2.11. The number of carboxylic acids is 1. The molecule has 2 heterocycles. The Morgan fingerprint density at radius 2 is 2.10 bits per heavy atom. The van der Waals surface area contributed by atoms with Gasteiger partial charge in [-0.2, -0.15) is 0 Å². The minimum Gasteiger partial charge on any atom is -0.478 e. The first-order chi connectivity index (χ1) is 10.1. The van der Waals surface area contributed by atoms with Crippen molar-refractivity contribution in [2.75, 3.05) is 5.32 Å². The third-order valence-corrected chi connectivity index (χ3v) is 3.33. The third kappa shape index (κ3) is 2.64. The van der Waals surface area contributed by atoms with E-state index >= 15 is 0 Å². The maximum absolute atomic E-state index is 11.1. The number of pyridine rings is 2. The van der Waals surface area contributed by atoms with E-state index in [2.05, 4.69) is 15.3 Å². The molecular formula is C15H10ClN3O2. The van der Waals surface area contributed by atoms with Gasteiger partial charge in [0, 0.05) is 29.7 Å². The van der Waals surface area contributed by atoms with Gasteiger partial charge in [0.25, 0.3) is 0 Å². The van der Waals surface area contributed by atoms with Crippen molar-refractivity contribution in [2.45, 2.75) is 0 Å². The van der Waals surface area contributed by atoms with Crippen molar-refractivity contribution in [3.63, 3.8) is 0 Å². The van der Waals surface area contributed by atoms with E-state index in [1.807, 2.05) is 24.3 Å². The number of aromatic nitrogens is 2. The number of nitrogens with zero attached hydrogens (tertiary/aromatic N) is 2. The fraction of sp³-hybridized carbons (Fsp3) is 0. The molecule has 0 radical (unpaired) electrons. The molecule has 2 aromatic heterocycles. The number of aromatic carboxylic acids is 1. The molecule has 0 fully saturated rings. The Kier molecular flexibility index (Phi) is 3.41.